The van der Waals surface area contributed by atoms with Crippen LogP contribution < -0.4 is 5.32 Å². The highest BCUT2D eigenvalue weighted by Crippen LogP contribution is 2.28. The molecule has 1 saturated carbocycles. The molecular formula is C15H19FN2. The minimum atomic E-state index is -0.451. The van der Waals surface area contributed by atoms with Crippen molar-refractivity contribution in [2.45, 2.75) is 45.1 Å². The quantitative estimate of drug-likeness (QED) is 0.872. The Balaban J connectivity index is 2.02. The molecule has 1 aliphatic carbocycles. The average Bonchev–Trinajstić information content (AvgIpc) is 2.42. The van der Waals surface area contributed by atoms with Crippen LogP contribution in [0.3, 0.4) is 0 Å². The zero-order valence-electron chi connectivity index (χ0n) is 10.7. The van der Waals surface area contributed by atoms with Crippen LogP contribution >= 0.6 is 0 Å². The van der Waals surface area contributed by atoms with Gasteiger partial charge in [0.15, 0.2) is 0 Å². The summed E-state index contributed by atoms with van der Waals surface area (Å²) in [5.74, 6) is 0.239. The van der Waals surface area contributed by atoms with Gasteiger partial charge in [-0.3, -0.25) is 0 Å². The van der Waals surface area contributed by atoms with E-state index in [0.717, 1.165) is 5.69 Å². The molecule has 1 fully saturated rings. The number of hydrogen-bond donors (Lipinski definition) is 1. The minimum absolute atomic E-state index is 0.107. The maximum Gasteiger partial charge on any atom is 0.141 e. The molecule has 2 rings (SSSR count). The molecule has 18 heavy (non-hydrogen) atoms. The molecule has 0 aliphatic heterocycles. The Bertz CT molecular complexity index is 444. The number of nitrogens with zero attached hydrogens (tertiary/aromatic N) is 1. The number of anilines is 1. The van der Waals surface area contributed by atoms with Crippen molar-refractivity contribution in [1.82, 2.24) is 0 Å². The Hall–Kier alpha value is -1.56. The van der Waals surface area contributed by atoms with E-state index in [-0.39, 0.29) is 5.56 Å². The molecule has 1 atom stereocenters. The summed E-state index contributed by atoms with van der Waals surface area (Å²) in [6, 6.07) is 6.90. The highest BCUT2D eigenvalue weighted by molar-refractivity contribution is 5.50. The zero-order valence-corrected chi connectivity index (χ0v) is 10.7. The SMILES string of the molecule is CC(Nc1ccc(F)c(C#N)c1)C1CCCCC1. The molecule has 0 amide bonds. The van der Waals surface area contributed by atoms with E-state index in [1.54, 1.807) is 12.1 Å². The predicted molar refractivity (Wildman–Crippen MR) is 70.8 cm³/mol. The lowest BCUT2D eigenvalue weighted by Gasteiger charge is -2.29. The topological polar surface area (TPSA) is 35.8 Å². The van der Waals surface area contributed by atoms with E-state index >= 15 is 0 Å². The Morgan fingerprint density at radius 1 is 1.33 bits per heavy atom. The number of hydrogen-bond acceptors (Lipinski definition) is 2. The normalized spacial score (nSPS) is 18.1. The van der Waals surface area contributed by atoms with Crippen LogP contribution in [0.4, 0.5) is 10.1 Å². The summed E-state index contributed by atoms with van der Waals surface area (Å²) in [6.07, 6.45) is 6.49. The Morgan fingerprint density at radius 2 is 2.06 bits per heavy atom. The van der Waals surface area contributed by atoms with Gasteiger partial charge >= 0.3 is 0 Å². The van der Waals surface area contributed by atoms with Crippen molar-refractivity contribution in [3.05, 3.63) is 29.6 Å². The van der Waals surface area contributed by atoms with Crippen LogP contribution in [0.2, 0.25) is 0 Å². The van der Waals surface area contributed by atoms with Gasteiger partial charge in [-0.15, -0.1) is 0 Å². The van der Waals surface area contributed by atoms with Crippen LogP contribution in [-0.2, 0) is 0 Å². The summed E-state index contributed by atoms with van der Waals surface area (Å²) < 4.78 is 13.2. The number of rotatable bonds is 3. The fourth-order valence-electron chi connectivity index (χ4n) is 2.72. The first-order valence-electron chi connectivity index (χ1n) is 6.67. The molecule has 0 radical (unpaired) electrons. The molecule has 1 N–H and O–H groups in total. The minimum Gasteiger partial charge on any atom is -0.382 e. The molecule has 0 bridgehead atoms. The molecule has 0 aromatic heterocycles. The predicted octanol–water partition coefficient (Wildman–Crippen LogP) is 4.08. The average molecular weight is 246 g/mol. The van der Waals surface area contributed by atoms with Gasteiger partial charge < -0.3 is 5.32 Å². The smallest absolute Gasteiger partial charge is 0.141 e. The van der Waals surface area contributed by atoms with Crippen molar-refractivity contribution in [2.24, 2.45) is 5.92 Å². The maximum atomic E-state index is 13.2. The van der Waals surface area contributed by atoms with Gasteiger partial charge in [-0.2, -0.15) is 5.26 Å². The third-order valence-electron chi connectivity index (χ3n) is 3.84. The molecule has 1 aromatic rings. The van der Waals surface area contributed by atoms with Gasteiger partial charge in [0.1, 0.15) is 11.9 Å². The summed E-state index contributed by atoms with van der Waals surface area (Å²) in [6.45, 7) is 2.17. The largest absolute Gasteiger partial charge is 0.382 e. The maximum absolute atomic E-state index is 13.2. The second-order valence-corrected chi connectivity index (χ2v) is 5.14. The Kier molecular flexibility index (Phi) is 4.19. The van der Waals surface area contributed by atoms with E-state index in [0.29, 0.717) is 12.0 Å². The van der Waals surface area contributed by atoms with Crippen LogP contribution in [0.5, 0.6) is 0 Å². The molecule has 0 saturated heterocycles. The standard InChI is InChI=1S/C15H19FN2/c1-11(12-5-3-2-4-6-12)18-14-7-8-15(16)13(9-14)10-17/h7-9,11-12,18H,2-6H2,1H3. The van der Waals surface area contributed by atoms with Crippen molar-refractivity contribution in [1.29, 1.82) is 5.26 Å². The number of benzene rings is 1. The summed E-state index contributed by atoms with van der Waals surface area (Å²) in [5, 5.41) is 12.2. The molecule has 1 aliphatic rings. The highest BCUT2D eigenvalue weighted by atomic mass is 19.1. The second-order valence-electron chi connectivity index (χ2n) is 5.14. The van der Waals surface area contributed by atoms with Crippen LogP contribution in [-0.4, -0.2) is 6.04 Å². The first-order chi connectivity index (χ1) is 8.70. The lowest BCUT2D eigenvalue weighted by Crippen LogP contribution is -2.27. The van der Waals surface area contributed by atoms with Crippen molar-refractivity contribution < 1.29 is 4.39 Å². The van der Waals surface area contributed by atoms with Crippen molar-refractivity contribution in [3.63, 3.8) is 0 Å². The lowest BCUT2D eigenvalue weighted by molar-refractivity contribution is 0.328. The Morgan fingerprint density at radius 3 is 2.72 bits per heavy atom. The van der Waals surface area contributed by atoms with Crippen LogP contribution in [0.25, 0.3) is 0 Å². The molecular weight excluding hydrogens is 227 g/mol. The van der Waals surface area contributed by atoms with E-state index < -0.39 is 5.82 Å². The van der Waals surface area contributed by atoms with E-state index in [1.807, 2.05) is 6.07 Å². The van der Waals surface area contributed by atoms with Gasteiger partial charge in [-0.25, -0.2) is 4.39 Å². The summed E-state index contributed by atoms with van der Waals surface area (Å²) in [5.41, 5.74) is 0.946. The first-order valence-corrected chi connectivity index (χ1v) is 6.67. The van der Waals surface area contributed by atoms with Crippen LogP contribution in [0, 0.1) is 23.1 Å². The second kappa shape index (κ2) is 5.86. The van der Waals surface area contributed by atoms with Crippen molar-refractivity contribution in [3.8, 4) is 6.07 Å². The van der Waals surface area contributed by atoms with Gasteiger partial charge in [-0.05, 0) is 43.9 Å². The van der Waals surface area contributed by atoms with Gasteiger partial charge in [0.05, 0.1) is 5.56 Å². The molecule has 96 valence electrons. The molecule has 3 heteroatoms. The number of nitriles is 1. The van der Waals surface area contributed by atoms with E-state index in [2.05, 4.69) is 12.2 Å². The molecule has 1 unspecified atom stereocenters. The molecule has 0 spiro atoms. The van der Waals surface area contributed by atoms with Crippen molar-refractivity contribution in [2.75, 3.05) is 5.32 Å². The molecule has 0 heterocycles. The van der Waals surface area contributed by atoms with Gasteiger partial charge in [0.2, 0.25) is 0 Å². The van der Waals surface area contributed by atoms with E-state index in [9.17, 15) is 4.39 Å². The Labute approximate surface area is 108 Å². The third-order valence-corrected chi connectivity index (χ3v) is 3.84. The fraction of sp³-hybridized carbons (Fsp3) is 0.533. The van der Waals surface area contributed by atoms with Gasteiger partial charge in [0, 0.05) is 11.7 Å². The van der Waals surface area contributed by atoms with E-state index in [4.69, 9.17) is 5.26 Å². The molecule has 1 aromatic carbocycles. The fourth-order valence-corrected chi connectivity index (χ4v) is 2.72. The van der Waals surface area contributed by atoms with Gasteiger partial charge in [0.25, 0.3) is 0 Å². The number of halogens is 1. The third kappa shape index (κ3) is 3.01. The van der Waals surface area contributed by atoms with Crippen molar-refractivity contribution >= 4 is 5.69 Å². The molecule has 2 nitrogen and oxygen atoms in total. The summed E-state index contributed by atoms with van der Waals surface area (Å²) in [4.78, 5) is 0. The first kappa shape index (κ1) is 12.9. The zero-order chi connectivity index (χ0) is 13.0. The van der Waals surface area contributed by atoms with Gasteiger partial charge in [-0.1, -0.05) is 19.3 Å². The van der Waals surface area contributed by atoms with Crippen LogP contribution in [0.1, 0.15) is 44.6 Å². The monoisotopic (exact) mass is 246 g/mol. The van der Waals surface area contributed by atoms with Crippen LogP contribution in [0.15, 0.2) is 18.2 Å². The number of nitrogens with one attached hydrogen (secondary N) is 1. The summed E-state index contributed by atoms with van der Waals surface area (Å²) in [7, 11) is 0. The lowest BCUT2D eigenvalue weighted by atomic mass is 9.84. The summed E-state index contributed by atoms with van der Waals surface area (Å²) >= 11 is 0. The van der Waals surface area contributed by atoms with E-state index in [1.165, 1.54) is 38.2 Å². The highest BCUT2D eigenvalue weighted by Gasteiger charge is 2.19.